The van der Waals surface area contributed by atoms with Crippen molar-refractivity contribution in [3.63, 3.8) is 0 Å². The first kappa shape index (κ1) is 11.7. The predicted octanol–water partition coefficient (Wildman–Crippen LogP) is 3.40. The minimum Gasteiger partial charge on any atom is -0.346 e. The normalized spacial score (nSPS) is 18.0. The van der Waals surface area contributed by atoms with Gasteiger partial charge in [-0.3, -0.25) is 0 Å². The molecular formula is C10H8ClF3O2. The van der Waals surface area contributed by atoms with Crippen molar-refractivity contribution < 1.29 is 22.6 Å². The fourth-order valence-electron chi connectivity index (χ4n) is 1.44. The summed E-state index contributed by atoms with van der Waals surface area (Å²) < 4.78 is 47.6. The van der Waals surface area contributed by atoms with Crippen LogP contribution in [-0.2, 0) is 15.7 Å². The van der Waals surface area contributed by atoms with Crippen LogP contribution in [0.5, 0.6) is 0 Å². The van der Waals surface area contributed by atoms with Gasteiger partial charge in [0, 0.05) is 10.6 Å². The molecule has 1 saturated heterocycles. The highest BCUT2D eigenvalue weighted by atomic mass is 35.5. The molecular weight excluding hydrogens is 245 g/mol. The molecule has 1 aromatic rings. The van der Waals surface area contributed by atoms with Crippen molar-refractivity contribution in [2.75, 3.05) is 13.2 Å². The molecule has 2 nitrogen and oxygen atoms in total. The molecule has 1 fully saturated rings. The number of ether oxygens (including phenoxy) is 2. The van der Waals surface area contributed by atoms with Crippen LogP contribution < -0.4 is 0 Å². The molecule has 0 amide bonds. The molecule has 0 saturated carbocycles. The van der Waals surface area contributed by atoms with Crippen LogP contribution >= 0.6 is 11.6 Å². The molecule has 0 unspecified atom stereocenters. The van der Waals surface area contributed by atoms with Crippen molar-refractivity contribution in [3.05, 3.63) is 34.3 Å². The zero-order valence-electron chi connectivity index (χ0n) is 8.05. The van der Waals surface area contributed by atoms with E-state index in [0.29, 0.717) is 13.2 Å². The van der Waals surface area contributed by atoms with E-state index in [4.69, 9.17) is 21.1 Å². The molecule has 16 heavy (non-hydrogen) atoms. The molecule has 0 spiro atoms. The van der Waals surface area contributed by atoms with E-state index in [1.54, 1.807) is 0 Å². The monoisotopic (exact) mass is 252 g/mol. The first-order valence-electron chi connectivity index (χ1n) is 4.58. The van der Waals surface area contributed by atoms with Gasteiger partial charge >= 0.3 is 6.18 Å². The number of benzene rings is 1. The van der Waals surface area contributed by atoms with E-state index in [0.717, 1.165) is 12.1 Å². The van der Waals surface area contributed by atoms with Crippen molar-refractivity contribution in [2.24, 2.45) is 0 Å². The van der Waals surface area contributed by atoms with Crippen LogP contribution in [-0.4, -0.2) is 13.2 Å². The lowest BCUT2D eigenvalue weighted by Crippen LogP contribution is -2.07. The Kier molecular flexibility index (Phi) is 3.10. The summed E-state index contributed by atoms with van der Waals surface area (Å²) in [5.41, 5.74) is -0.542. The third-order valence-corrected chi connectivity index (χ3v) is 2.54. The van der Waals surface area contributed by atoms with Gasteiger partial charge in [-0.1, -0.05) is 11.6 Å². The zero-order valence-corrected chi connectivity index (χ0v) is 8.81. The van der Waals surface area contributed by atoms with Gasteiger partial charge < -0.3 is 9.47 Å². The SMILES string of the molecule is FC(F)(F)c1ccc(Cl)c(C2OCCO2)c1. The van der Waals surface area contributed by atoms with E-state index in [-0.39, 0.29) is 10.6 Å². The van der Waals surface area contributed by atoms with Crippen LogP contribution in [0.1, 0.15) is 17.4 Å². The fourth-order valence-corrected chi connectivity index (χ4v) is 1.65. The predicted molar refractivity (Wildman–Crippen MR) is 51.1 cm³/mol. The van der Waals surface area contributed by atoms with Crippen LogP contribution in [0.15, 0.2) is 18.2 Å². The van der Waals surface area contributed by atoms with Gasteiger partial charge in [-0.15, -0.1) is 0 Å². The lowest BCUT2D eigenvalue weighted by Gasteiger charge is -2.14. The van der Waals surface area contributed by atoms with Crippen molar-refractivity contribution in [3.8, 4) is 0 Å². The molecule has 1 heterocycles. The summed E-state index contributed by atoms with van der Waals surface area (Å²) in [5, 5.41) is 0.208. The van der Waals surface area contributed by atoms with Crippen LogP contribution in [0.4, 0.5) is 13.2 Å². The molecule has 1 aliphatic rings. The summed E-state index contributed by atoms with van der Waals surface area (Å²) in [6.45, 7) is 0.717. The van der Waals surface area contributed by atoms with Gasteiger partial charge in [0.25, 0.3) is 0 Å². The molecule has 0 N–H and O–H groups in total. The second-order valence-electron chi connectivity index (χ2n) is 3.31. The van der Waals surface area contributed by atoms with E-state index in [2.05, 4.69) is 0 Å². The van der Waals surface area contributed by atoms with Crippen molar-refractivity contribution in [2.45, 2.75) is 12.5 Å². The van der Waals surface area contributed by atoms with E-state index in [1.807, 2.05) is 0 Å². The molecule has 0 aromatic heterocycles. The van der Waals surface area contributed by atoms with Gasteiger partial charge in [0.05, 0.1) is 18.8 Å². The standard InChI is InChI=1S/C10H8ClF3O2/c11-8-2-1-6(10(12,13)14)5-7(8)9-15-3-4-16-9/h1-2,5,9H,3-4H2. The number of hydrogen-bond acceptors (Lipinski definition) is 2. The van der Waals surface area contributed by atoms with E-state index in [1.165, 1.54) is 6.07 Å². The molecule has 0 atom stereocenters. The van der Waals surface area contributed by atoms with E-state index >= 15 is 0 Å². The smallest absolute Gasteiger partial charge is 0.346 e. The zero-order chi connectivity index (χ0) is 11.8. The second kappa shape index (κ2) is 4.24. The number of halogens is 4. The minimum absolute atomic E-state index is 0.208. The van der Waals surface area contributed by atoms with Crippen LogP contribution in [0.25, 0.3) is 0 Å². The van der Waals surface area contributed by atoms with Crippen molar-refractivity contribution in [1.82, 2.24) is 0 Å². The number of alkyl halides is 3. The highest BCUT2D eigenvalue weighted by Gasteiger charge is 2.32. The Labute approximate surface area is 94.9 Å². The highest BCUT2D eigenvalue weighted by molar-refractivity contribution is 6.31. The molecule has 0 aliphatic carbocycles. The summed E-state index contributed by atoms with van der Waals surface area (Å²) in [5.74, 6) is 0. The number of hydrogen-bond donors (Lipinski definition) is 0. The first-order valence-corrected chi connectivity index (χ1v) is 4.96. The average molecular weight is 253 g/mol. The third-order valence-electron chi connectivity index (χ3n) is 2.20. The Morgan fingerprint density at radius 2 is 1.81 bits per heavy atom. The first-order chi connectivity index (χ1) is 7.48. The maximum atomic E-state index is 12.5. The second-order valence-corrected chi connectivity index (χ2v) is 3.71. The Morgan fingerprint density at radius 1 is 1.19 bits per heavy atom. The lowest BCUT2D eigenvalue weighted by molar-refractivity contribution is -0.137. The Hall–Kier alpha value is -0.780. The molecule has 0 radical (unpaired) electrons. The van der Waals surface area contributed by atoms with Crippen LogP contribution in [0.3, 0.4) is 0 Å². The average Bonchev–Trinajstić information content (AvgIpc) is 2.69. The third kappa shape index (κ3) is 2.31. The van der Waals surface area contributed by atoms with Gasteiger partial charge in [0.1, 0.15) is 0 Å². The fraction of sp³-hybridized carbons (Fsp3) is 0.400. The maximum Gasteiger partial charge on any atom is 0.416 e. The molecule has 0 bridgehead atoms. The quantitative estimate of drug-likeness (QED) is 0.763. The van der Waals surface area contributed by atoms with E-state index in [9.17, 15) is 13.2 Å². The highest BCUT2D eigenvalue weighted by Crippen LogP contribution is 2.35. The largest absolute Gasteiger partial charge is 0.416 e. The molecule has 1 aromatic carbocycles. The molecule has 1 aliphatic heterocycles. The van der Waals surface area contributed by atoms with Gasteiger partial charge in [0.15, 0.2) is 6.29 Å². The molecule has 2 rings (SSSR count). The Morgan fingerprint density at radius 3 is 2.38 bits per heavy atom. The Balaban J connectivity index is 2.36. The minimum atomic E-state index is -4.39. The van der Waals surface area contributed by atoms with E-state index < -0.39 is 18.0 Å². The maximum absolute atomic E-state index is 12.5. The van der Waals surface area contributed by atoms with Gasteiger partial charge in [0.2, 0.25) is 0 Å². The summed E-state index contributed by atoms with van der Waals surface area (Å²) in [6.07, 6.45) is -5.19. The summed E-state index contributed by atoms with van der Waals surface area (Å²) in [6, 6.07) is 3.09. The Bertz CT molecular complexity index is 386. The van der Waals surface area contributed by atoms with Crippen molar-refractivity contribution >= 4 is 11.6 Å². The van der Waals surface area contributed by atoms with Crippen LogP contribution in [0.2, 0.25) is 5.02 Å². The van der Waals surface area contributed by atoms with Crippen molar-refractivity contribution in [1.29, 1.82) is 0 Å². The molecule has 88 valence electrons. The molecule has 6 heteroatoms. The van der Waals surface area contributed by atoms with Crippen LogP contribution in [0, 0.1) is 0 Å². The lowest BCUT2D eigenvalue weighted by atomic mass is 10.1. The number of rotatable bonds is 1. The van der Waals surface area contributed by atoms with Gasteiger partial charge in [-0.05, 0) is 18.2 Å². The topological polar surface area (TPSA) is 18.5 Å². The summed E-state index contributed by atoms with van der Waals surface area (Å²) >= 11 is 5.80. The van der Waals surface area contributed by atoms with Gasteiger partial charge in [-0.25, -0.2) is 0 Å². The van der Waals surface area contributed by atoms with Gasteiger partial charge in [-0.2, -0.15) is 13.2 Å². The summed E-state index contributed by atoms with van der Waals surface area (Å²) in [4.78, 5) is 0. The summed E-state index contributed by atoms with van der Waals surface area (Å²) in [7, 11) is 0.